The Labute approximate surface area is 324 Å². The largest absolute Gasteiger partial charge is 0.509 e. The van der Waals surface area contributed by atoms with Crippen LogP contribution in [0.25, 0.3) is 27.6 Å². The Morgan fingerprint density at radius 2 is 1.34 bits per heavy atom. The predicted molar refractivity (Wildman–Crippen MR) is 210 cm³/mol. The second kappa shape index (κ2) is 13.1. The topological polar surface area (TPSA) is 33.5 Å². The number of fused-ring (bicyclic) bond motifs is 6. The number of aryl methyl sites for hydroxylation is 2. The quantitative estimate of drug-likeness (QED) is 0.162. The van der Waals surface area contributed by atoms with Gasteiger partial charge in [-0.2, -0.15) is 12.1 Å². The van der Waals surface area contributed by atoms with Crippen molar-refractivity contribution in [1.82, 2.24) is 9.55 Å². The molecule has 6 heteroatoms. The number of benzene rings is 6. The Bertz CT molecular complexity index is 2650. The van der Waals surface area contributed by atoms with Crippen LogP contribution in [0.3, 0.4) is 0 Å². The van der Waals surface area contributed by atoms with Crippen LogP contribution in [0.4, 0.5) is 22.7 Å². The van der Waals surface area contributed by atoms with Crippen molar-refractivity contribution in [2.75, 3.05) is 9.80 Å². The summed E-state index contributed by atoms with van der Waals surface area (Å²) in [7, 11) is 0. The summed E-state index contributed by atoms with van der Waals surface area (Å²) in [5.74, 6) is 2.09. The fraction of sp³-hybridized carbons (Fsp3) is 0.106. The van der Waals surface area contributed by atoms with Crippen molar-refractivity contribution in [3.8, 4) is 17.3 Å². The number of ether oxygens (including phenoxy) is 1. The minimum Gasteiger partial charge on any atom is -0.509 e. The van der Waals surface area contributed by atoms with Gasteiger partial charge in [-0.15, -0.1) is 48.1 Å². The molecule has 0 saturated carbocycles. The van der Waals surface area contributed by atoms with Gasteiger partial charge in [0.1, 0.15) is 5.82 Å². The normalized spacial score (nSPS) is 13.5. The number of rotatable bonds is 2. The Morgan fingerprint density at radius 3 is 2.19 bits per heavy atom. The van der Waals surface area contributed by atoms with E-state index >= 15 is 0 Å². The van der Waals surface area contributed by atoms with Gasteiger partial charge in [-0.25, -0.2) is 4.98 Å². The summed E-state index contributed by atoms with van der Waals surface area (Å²) >= 11 is 0. The van der Waals surface area contributed by atoms with E-state index in [1.54, 1.807) is 0 Å². The van der Waals surface area contributed by atoms with E-state index < -0.39 is 0 Å². The van der Waals surface area contributed by atoms with Crippen molar-refractivity contribution < 1.29 is 25.8 Å². The minimum atomic E-state index is -0.286. The Morgan fingerprint density at radius 1 is 0.642 bits per heavy atom. The van der Waals surface area contributed by atoms with Crippen molar-refractivity contribution in [3.63, 3.8) is 0 Å². The average Bonchev–Trinajstić information content (AvgIpc) is 3.73. The summed E-state index contributed by atoms with van der Waals surface area (Å²) in [5.41, 5.74) is 11.0. The summed E-state index contributed by atoms with van der Waals surface area (Å²) in [6.07, 6.45) is 3.79. The molecule has 53 heavy (non-hydrogen) atoms. The third kappa shape index (κ3) is 5.54. The SMILES string of the molecule is CC(C)(c1ccccc1)c1cc2ncc1CCc1ccccc1N1[CH-]N(c3[c-]c(ccc3)Oc3[c-]c4c(cc3)c3ccccc3n4-2)c2ccccc21.[Pt]. The van der Waals surface area contributed by atoms with E-state index in [2.05, 4.69) is 175 Å². The fourth-order valence-corrected chi connectivity index (χ4v) is 8.03. The molecule has 0 radical (unpaired) electrons. The molecule has 3 aliphatic rings. The van der Waals surface area contributed by atoms with Crippen LogP contribution in [0.2, 0.25) is 0 Å². The van der Waals surface area contributed by atoms with Gasteiger partial charge in [-0.05, 0) is 70.8 Å². The fourth-order valence-electron chi connectivity index (χ4n) is 8.03. The first-order chi connectivity index (χ1) is 25.5. The van der Waals surface area contributed by atoms with Crippen molar-refractivity contribution in [3.05, 3.63) is 187 Å². The van der Waals surface area contributed by atoms with Crippen molar-refractivity contribution in [2.24, 2.45) is 0 Å². The van der Waals surface area contributed by atoms with Crippen LogP contribution in [0, 0.1) is 18.8 Å². The third-order valence-corrected chi connectivity index (χ3v) is 10.7. The molecule has 8 aromatic rings. The van der Waals surface area contributed by atoms with E-state index in [-0.39, 0.29) is 26.5 Å². The molecule has 0 saturated heterocycles. The van der Waals surface area contributed by atoms with E-state index in [0.29, 0.717) is 11.5 Å². The summed E-state index contributed by atoms with van der Waals surface area (Å²) in [5, 5.41) is 2.25. The molecule has 2 aromatic heterocycles. The number of pyridine rings is 1. The van der Waals surface area contributed by atoms with Crippen LogP contribution in [0.5, 0.6) is 11.5 Å². The first-order valence-electron chi connectivity index (χ1n) is 17.8. The van der Waals surface area contributed by atoms with Gasteiger partial charge in [-0.1, -0.05) is 98.2 Å². The molecule has 0 aliphatic carbocycles. The molecule has 0 N–H and O–H groups in total. The first kappa shape index (κ1) is 33.2. The maximum absolute atomic E-state index is 6.56. The van der Waals surface area contributed by atoms with Gasteiger partial charge >= 0.3 is 0 Å². The van der Waals surface area contributed by atoms with Gasteiger partial charge in [0.2, 0.25) is 0 Å². The molecule has 0 fully saturated rings. The van der Waals surface area contributed by atoms with Gasteiger partial charge in [0.05, 0.1) is 0 Å². The predicted octanol–water partition coefficient (Wildman–Crippen LogP) is 11.4. The molecule has 5 heterocycles. The van der Waals surface area contributed by atoms with Crippen LogP contribution in [0.1, 0.15) is 36.1 Å². The van der Waals surface area contributed by atoms with Gasteiger partial charge < -0.3 is 19.1 Å². The molecule has 262 valence electrons. The molecule has 0 amide bonds. The zero-order valence-electron chi connectivity index (χ0n) is 29.4. The third-order valence-electron chi connectivity index (χ3n) is 10.7. The van der Waals surface area contributed by atoms with Crippen LogP contribution >= 0.6 is 0 Å². The molecule has 0 unspecified atom stereocenters. The molecule has 6 aromatic carbocycles. The maximum atomic E-state index is 6.56. The van der Waals surface area contributed by atoms with E-state index in [1.807, 2.05) is 18.2 Å². The van der Waals surface area contributed by atoms with Crippen LogP contribution in [0.15, 0.2) is 146 Å². The van der Waals surface area contributed by atoms with Crippen LogP contribution < -0.4 is 14.5 Å². The summed E-state index contributed by atoms with van der Waals surface area (Å²) < 4.78 is 8.79. The molecular weight excluding hydrogens is 832 g/mol. The van der Waals surface area contributed by atoms with Gasteiger partial charge in [0, 0.05) is 66.8 Å². The molecule has 3 aliphatic heterocycles. The number of aromatic nitrogens is 2. The van der Waals surface area contributed by atoms with Gasteiger partial charge in [0.25, 0.3) is 0 Å². The number of hydrogen-bond acceptors (Lipinski definition) is 4. The molecule has 8 bridgehead atoms. The Balaban J connectivity index is 0.00000372. The first-order valence-corrected chi connectivity index (χ1v) is 17.8. The van der Waals surface area contributed by atoms with Crippen molar-refractivity contribution in [2.45, 2.75) is 32.1 Å². The standard InChI is InChI=1S/C47H35N4O.Pt/c1-47(2,34-14-4-3-5-15-34)40-29-46-48-30-33(40)24-23-32-13-6-8-19-41(32)50-31-49(43-21-10-11-22-44(43)50)35-16-12-17-36(27-35)52-37-25-26-39-38-18-7-9-20-42(38)51(46)45(39)28-37;/h3-22,25-26,29-31H,23-24H2,1-2H3;/q-3;. The maximum Gasteiger partial charge on any atom is 0.135 e. The molecule has 0 atom stereocenters. The van der Waals surface area contributed by atoms with Crippen LogP contribution in [-0.2, 0) is 39.3 Å². The molecule has 11 rings (SSSR count). The number of hydrogen-bond donors (Lipinski definition) is 0. The Kier molecular flexibility index (Phi) is 8.20. The van der Waals surface area contributed by atoms with Crippen LogP contribution in [-0.4, -0.2) is 9.55 Å². The number of para-hydroxylation sites is 4. The second-order valence-electron chi connectivity index (χ2n) is 14.1. The number of anilines is 4. The minimum absolute atomic E-state index is 0. The van der Waals surface area contributed by atoms with E-state index in [4.69, 9.17) is 9.72 Å². The Hall–Kier alpha value is -5.64. The molecule has 0 spiro atoms. The number of nitrogens with zero attached hydrogens (tertiary/aromatic N) is 4. The summed E-state index contributed by atoms with van der Waals surface area (Å²) in [6.45, 7) is 6.82. The zero-order valence-corrected chi connectivity index (χ0v) is 31.6. The van der Waals surface area contributed by atoms with E-state index in [0.717, 1.165) is 63.2 Å². The van der Waals surface area contributed by atoms with Crippen molar-refractivity contribution in [1.29, 1.82) is 0 Å². The monoisotopic (exact) mass is 866 g/mol. The van der Waals surface area contributed by atoms with Gasteiger partial charge in [0.15, 0.2) is 0 Å². The smallest absolute Gasteiger partial charge is 0.135 e. The second-order valence-corrected chi connectivity index (χ2v) is 14.1. The summed E-state index contributed by atoms with van der Waals surface area (Å²) in [4.78, 5) is 9.72. The van der Waals surface area contributed by atoms with E-state index in [1.165, 1.54) is 22.3 Å². The average molecular weight is 867 g/mol. The van der Waals surface area contributed by atoms with E-state index in [9.17, 15) is 0 Å². The molecule has 5 nitrogen and oxygen atoms in total. The van der Waals surface area contributed by atoms with Gasteiger partial charge in [-0.3, -0.25) is 0 Å². The summed E-state index contributed by atoms with van der Waals surface area (Å²) in [6, 6.07) is 56.3. The van der Waals surface area contributed by atoms with Crippen molar-refractivity contribution >= 4 is 44.6 Å². The zero-order chi connectivity index (χ0) is 34.8. The molecular formula is C47H35N4OPt-3.